The first kappa shape index (κ1) is 28.6. The molecule has 3 heteroatoms. The van der Waals surface area contributed by atoms with Crippen molar-refractivity contribution in [2.24, 2.45) is 0 Å². The lowest BCUT2D eigenvalue weighted by atomic mass is 9.67. The van der Waals surface area contributed by atoms with Gasteiger partial charge < -0.3 is 9.32 Å². The molecular formula is C47H30FNO. The van der Waals surface area contributed by atoms with Crippen LogP contribution < -0.4 is 4.90 Å². The predicted octanol–water partition coefficient (Wildman–Crippen LogP) is 12.7. The molecule has 0 unspecified atom stereocenters. The summed E-state index contributed by atoms with van der Waals surface area (Å²) >= 11 is 0. The number of anilines is 3. The van der Waals surface area contributed by atoms with Crippen LogP contribution in [0.5, 0.6) is 0 Å². The molecule has 2 nitrogen and oxygen atoms in total. The normalized spacial score (nSPS) is 13.1. The third kappa shape index (κ3) is 4.01. The second kappa shape index (κ2) is 11.0. The highest BCUT2D eigenvalue weighted by atomic mass is 19.1. The van der Waals surface area contributed by atoms with E-state index in [-0.39, 0.29) is 5.82 Å². The second-order valence-corrected chi connectivity index (χ2v) is 13.0. The molecule has 0 fully saturated rings. The highest BCUT2D eigenvalue weighted by molar-refractivity contribution is 6.16. The maximum absolute atomic E-state index is 15.6. The van der Waals surface area contributed by atoms with E-state index < -0.39 is 5.41 Å². The highest BCUT2D eigenvalue weighted by Gasteiger charge is 2.47. The Balaban J connectivity index is 1.39. The average Bonchev–Trinajstić information content (AvgIpc) is 3.70. The number of para-hydroxylation sites is 2. The minimum absolute atomic E-state index is 0.248. The molecule has 10 rings (SSSR count). The Bertz CT molecular complexity index is 2680. The molecule has 8 aromatic carbocycles. The average molecular weight is 644 g/mol. The van der Waals surface area contributed by atoms with Crippen LogP contribution >= 0.6 is 0 Å². The Hall–Kier alpha value is -6.45. The van der Waals surface area contributed by atoms with Crippen LogP contribution in [0.2, 0.25) is 0 Å². The van der Waals surface area contributed by atoms with Gasteiger partial charge >= 0.3 is 0 Å². The summed E-state index contributed by atoms with van der Waals surface area (Å²) in [6, 6.07) is 62.6. The molecule has 1 aromatic heterocycles. The van der Waals surface area contributed by atoms with Crippen molar-refractivity contribution in [1.82, 2.24) is 0 Å². The summed E-state index contributed by atoms with van der Waals surface area (Å²) in [5.74, 6) is -0.248. The molecule has 0 aliphatic heterocycles. The van der Waals surface area contributed by atoms with Gasteiger partial charge in [0, 0.05) is 16.5 Å². The number of furan rings is 1. The van der Waals surface area contributed by atoms with Gasteiger partial charge in [-0.1, -0.05) is 133 Å². The van der Waals surface area contributed by atoms with Gasteiger partial charge in [0.2, 0.25) is 0 Å². The fourth-order valence-electron chi connectivity index (χ4n) is 8.41. The van der Waals surface area contributed by atoms with Crippen molar-refractivity contribution in [3.8, 4) is 11.1 Å². The Kier molecular flexibility index (Phi) is 6.31. The van der Waals surface area contributed by atoms with Crippen molar-refractivity contribution < 1.29 is 8.81 Å². The van der Waals surface area contributed by atoms with E-state index in [9.17, 15) is 0 Å². The lowest BCUT2D eigenvalue weighted by Gasteiger charge is -2.35. The summed E-state index contributed by atoms with van der Waals surface area (Å²) in [7, 11) is 0. The lowest BCUT2D eigenvalue weighted by molar-refractivity contribution is 0.621. The van der Waals surface area contributed by atoms with E-state index >= 15 is 4.39 Å². The molecule has 1 heterocycles. The van der Waals surface area contributed by atoms with Crippen molar-refractivity contribution in [2.75, 3.05) is 4.90 Å². The number of halogens is 1. The van der Waals surface area contributed by atoms with E-state index in [2.05, 4.69) is 138 Å². The molecular weight excluding hydrogens is 614 g/mol. The van der Waals surface area contributed by atoms with Crippen molar-refractivity contribution in [3.05, 3.63) is 210 Å². The van der Waals surface area contributed by atoms with Crippen molar-refractivity contribution in [2.45, 2.75) is 5.41 Å². The molecule has 9 aromatic rings. The maximum atomic E-state index is 15.6. The molecule has 236 valence electrons. The van der Waals surface area contributed by atoms with Crippen LogP contribution in [0, 0.1) is 5.82 Å². The molecule has 0 saturated heterocycles. The quantitative estimate of drug-likeness (QED) is 0.186. The molecule has 0 saturated carbocycles. The van der Waals surface area contributed by atoms with Gasteiger partial charge in [-0.05, 0) is 87.3 Å². The lowest BCUT2D eigenvalue weighted by Crippen LogP contribution is -2.29. The summed E-state index contributed by atoms with van der Waals surface area (Å²) in [6.45, 7) is 0. The smallest absolute Gasteiger partial charge is 0.137 e. The standard InChI is InChI=1S/C47H30FNO/c48-33-27-28-37-39(29-33)47(31-15-4-1-5-16-31,32-17-6-2-7-18-32)40-30-42(35-21-10-11-22-36(35)45(37)40)49(34-19-8-3-9-20-34)41-24-14-26-44-46(41)38-23-12-13-25-43(38)50-44/h1-30H. The van der Waals surface area contributed by atoms with Crippen LogP contribution in [0.3, 0.4) is 0 Å². The van der Waals surface area contributed by atoms with Gasteiger partial charge in [0.25, 0.3) is 0 Å². The fourth-order valence-corrected chi connectivity index (χ4v) is 8.41. The molecule has 0 atom stereocenters. The zero-order chi connectivity index (χ0) is 33.2. The SMILES string of the molecule is Fc1ccc2c(c1)C(c1ccccc1)(c1ccccc1)c1cc(N(c3ccccc3)c3cccc4oc5ccccc5c34)c3ccccc3c1-2. The van der Waals surface area contributed by atoms with Crippen LogP contribution in [0.25, 0.3) is 43.8 Å². The zero-order valence-corrected chi connectivity index (χ0v) is 27.1. The van der Waals surface area contributed by atoms with Crippen molar-refractivity contribution in [3.63, 3.8) is 0 Å². The predicted molar refractivity (Wildman–Crippen MR) is 203 cm³/mol. The monoisotopic (exact) mass is 643 g/mol. The summed E-state index contributed by atoms with van der Waals surface area (Å²) < 4.78 is 22.0. The first-order valence-corrected chi connectivity index (χ1v) is 17.0. The number of hydrogen-bond donors (Lipinski definition) is 0. The Labute approximate surface area is 289 Å². The highest BCUT2D eigenvalue weighted by Crippen LogP contribution is 2.60. The van der Waals surface area contributed by atoms with Gasteiger partial charge in [-0.3, -0.25) is 0 Å². The van der Waals surface area contributed by atoms with Gasteiger partial charge in [0.05, 0.1) is 22.2 Å². The second-order valence-electron chi connectivity index (χ2n) is 13.0. The molecule has 1 aliphatic carbocycles. The van der Waals surface area contributed by atoms with E-state index in [1.165, 1.54) is 0 Å². The van der Waals surface area contributed by atoms with E-state index in [0.29, 0.717) is 0 Å². The fraction of sp³-hybridized carbons (Fsp3) is 0.0213. The minimum atomic E-state index is -0.773. The number of rotatable bonds is 5. The molecule has 0 spiro atoms. The molecule has 0 bridgehead atoms. The van der Waals surface area contributed by atoms with Crippen molar-refractivity contribution in [1.29, 1.82) is 0 Å². The van der Waals surface area contributed by atoms with Gasteiger partial charge in [-0.2, -0.15) is 0 Å². The Morgan fingerprint density at radius 2 is 1.06 bits per heavy atom. The van der Waals surface area contributed by atoms with E-state index in [0.717, 1.165) is 83.2 Å². The first-order chi connectivity index (χ1) is 24.7. The van der Waals surface area contributed by atoms with Crippen LogP contribution in [0.4, 0.5) is 21.5 Å². The summed E-state index contributed by atoms with van der Waals surface area (Å²) in [5, 5.41) is 4.34. The Morgan fingerprint density at radius 3 is 1.78 bits per heavy atom. The topological polar surface area (TPSA) is 16.4 Å². The molecule has 0 N–H and O–H groups in total. The van der Waals surface area contributed by atoms with Crippen LogP contribution in [0.15, 0.2) is 186 Å². The number of benzene rings is 8. The van der Waals surface area contributed by atoms with Crippen molar-refractivity contribution >= 4 is 49.8 Å². The van der Waals surface area contributed by atoms with E-state index in [1.54, 1.807) is 12.1 Å². The molecule has 0 amide bonds. The Morgan fingerprint density at radius 1 is 0.460 bits per heavy atom. The summed E-state index contributed by atoms with van der Waals surface area (Å²) in [5.41, 5.74) is 10.4. The van der Waals surface area contributed by atoms with Crippen LogP contribution in [0.1, 0.15) is 22.3 Å². The van der Waals surface area contributed by atoms with Gasteiger partial charge in [0.1, 0.15) is 17.0 Å². The molecule has 50 heavy (non-hydrogen) atoms. The largest absolute Gasteiger partial charge is 0.456 e. The van der Waals surface area contributed by atoms with Crippen LogP contribution in [-0.2, 0) is 5.41 Å². The summed E-state index contributed by atoms with van der Waals surface area (Å²) in [4.78, 5) is 2.37. The zero-order valence-electron chi connectivity index (χ0n) is 27.1. The van der Waals surface area contributed by atoms with Crippen LogP contribution in [-0.4, -0.2) is 0 Å². The third-order valence-corrected chi connectivity index (χ3v) is 10.4. The minimum Gasteiger partial charge on any atom is -0.456 e. The van der Waals surface area contributed by atoms with Gasteiger partial charge in [0.15, 0.2) is 0 Å². The van der Waals surface area contributed by atoms with E-state index in [4.69, 9.17) is 4.42 Å². The third-order valence-electron chi connectivity index (χ3n) is 10.4. The van der Waals surface area contributed by atoms with Gasteiger partial charge in [-0.15, -0.1) is 0 Å². The number of fused-ring (bicyclic) bond motifs is 8. The summed E-state index contributed by atoms with van der Waals surface area (Å²) in [6.07, 6.45) is 0. The first-order valence-electron chi connectivity index (χ1n) is 17.0. The number of hydrogen-bond acceptors (Lipinski definition) is 2. The molecule has 1 aliphatic rings. The number of nitrogens with zero attached hydrogens (tertiary/aromatic N) is 1. The van der Waals surface area contributed by atoms with E-state index in [1.807, 2.05) is 36.4 Å². The maximum Gasteiger partial charge on any atom is 0.137 e. The molecule has 0 radical (unpaired) electrons. The van der Waals surface area contributed by atoms with Gasteiger partial charge in [-0.25, -0.2) is 4.39 Å².